The Hall–Kier alpha value is -8.14. The molecule has 0 radical (unpaired) electrons. The first-order valence-electron chi connectivity index (χ1n) is 35.4. The van der Waals surface area contributed by atoms with E-state index in [1.807, 2.05) is 0 Å². The SMILES string of the molecule is CC(C)c1cccc(C(C)C)c1-c1ccc(N2c3ccc(-c4c(C(C)C)cccc4C(C)C)cc3B3c4cc(-c5c(C(C)C)cccc5C(C)C)ccc4N(c4ccc(-c5c(C(C)C)cccc5C(C)C)cc4)c4cc(-c5c(C(C)C)cccc5C(C)C)cc2c43)cc1. The summed E-state index contributed by atoms with van der Waals surface area (Å²) >= 11 is 0. The fourth-order valence-corrected chi connectivity index (χ4v) is 16.0. The molecule has 93 heavy (non-hydrogen) atoms. The van der Waals surface area contributed by atoms with Crippen molar-refractivity contribution in [3.05, 3.63) is 244 Å². The van der Waals surface area contributed by atoms with Gasteiger partial charge in [-0.2, -0.15) is 0 Å². The van der Waals surface area contributed by atoms with Crippen LogP contribution in [-0.2, 0) is 0 Å². The number of rotatable bonds is 17. The molecule has 2 heterocycles. The number of anilines is 6. The lowest BCUT2D eigenvalue weighted by molar-refractivity contribution is 0.838. The molecule has 12 rings (SSSR count). The average Bonchev–Trinajstić information content (AvgIpc) is 0.693. The number of benzene rings is 10. The minimum atomic E-state index is -0.134. The van der Waals surface area contributed by atoms with Crippen molar-refractivity contribution >= 4 is 57.2 Å². The topological polar surface area (TPSA) is 6.48 Å². The van der Waals surface area contributed by atoms with E-state index in [4.69, 9.17) is 0 Å². The van der Waals surface area contributed by atoms with Gasteiger partial charge >= 0.3 is 0 Å². The molecule has 0 N–H and O–H groups in total. The van der Waals surface area contributed by atoms with Gasteiger partial charge in [-0.05, 0) is 235 Å². The molecule has 0 atom stereocenters. The van der Waals surface area contributed by atoms with E-state index in [1.54, 1.807) is 0 Å². The first-order valence-corrected chi connectivity index (χ1v) is 35.4. The summed E-state index contributed by atoms with van der Waals surface area (Å²) in [5, 5.41) is 0. The molecule has 0 fully saturated rings. The van der Waals surface area contributed by atoms with Gasteiger partial charge in [-0.15, -0.1) is 0 Å². The molecule has 0 aliphatic carbocycles. The third-order valence-electron chi connectivity index (χ3n) is 20.6. The Bertz CT molecular complexity index is 4030. The third-order valence-corrected chi connectivity index (χ3v) is 20.6. The van der Waals surface area contributed by atoms with Crippen molar-refractivity contribution in [1.82, 2.24) is 0 Å². The standard InChI is InChI=1S/C90H101BN2/c1-52(2)69-26-21-27-70(53(3)4)85(69)62-36-42-67(43-37-62)92-81-46-40-64(87-73(56(9)10)30-23-31-74(87)57(11)12)48-79(81)91-80-49-65(88-75(58(13)14)32-24-33-76(88)59(15)16)41-47-82(80)93(68-44-38-63(39-45-68)86-71(54(5)6)28-22-29-72(86)55(7)8)84-51-66(50-83(92)90(84)91)89-77(60(17)18)34-25-35-78(89)61(19)20/h21-61H,1-20H3. The van der Waals surface area contributed by atoms with Crippen LogP contribution in [0.25, 0.3) is 55.6 Å². The van der Waals surface area contributed by atoms with Gasteiger partial charge in [0.05, 0.1) is 0 Å². The van der Waals surface area contributed by atoms with Gasteiger partial charge in [0, 0.05) is 34.1 Å². The quantitative estimate of drug-likeness (QED) is 0.0839. The fraction of sp³-hybridized carbons (Fsp3) is 0.333. The zero-order valence-corrected chi connectivity index (χ0v) is 59.6. The molecule has 3 heteroatoms. The lowest BCUT2D eigenvalue weighted by Gasteiger charge is -2.45. The molecule has 0 spiro atoms. The molecule has 0 unspecified atom stereocenters. The van der Waals surface area contributed by atoms with E-state index in [0.717, 1.165) is 11.4 Å². The molecule has 0 aromatic heterocycles. The molecule has 2 nitrogen and oxygen atoms in total. The molecule has 0 saturated heterocycles. The second kappa shape index (κ2) is 26.0. The van der Waals surface area contributed by atoms with Crippen molar-refractivity contribution in [2.75, 3.05) is 9.80 Å². The zero-order valence-electron chi connectivity index (χ0n) is 59.6. The highest BCUT2D eigenvalue weighted by atomic mass is 15.2. The summed E-state index contributed by atoms with van der Waals surface area (Å²) in [6.45, 7) is 47.0. The van der Waals surface area contributed by atoms with Gasteiger partial charge < -0.3 is 9.80 Å². The molecule has 0 bridgehead atoms. The predicted molar refractivity (Wildman–Crippen MR) is 409 cm³/mol. The van der Waals surface area contributed by atoms with Crippen molar-refractivity contribution < 1.29 is 0 Å². The highest BCUT2D eigenvalue weighted by molar-refractivity contribution is 7.00. The van der Waals surface area contributed by atoms with Gasteiger partial charge in [-0.1, -0.05) is 278 Å². The van der Waals surface area contributed by atoms with Crippen LogP contribution in [0.1, 0.15) is 253 Å². The van der Waals surface area contributed by atoms with Crippen LogP contribution in [0.15, 0.2) is 188 Å². The van der Waals surface area contributed by atoms with Gasteiger partial charge in [0.1, 0.15) is 0 Å². The Morgan fingerprint density at radius 2 is 0.430 bits per heavy atom. The molecular formula is C90H101BN2. The van der Waals surface area contributed by atoms with Gasteiger partial charge in [0.25, 0.3) is 6.71 Å². The molecule has 2 aliphatic rings. The van der Waals surface area contributed by atoms with E-state index in [1.165, 1.54) is 150 Å². The van der Waals surface area contributed by atoms with E-state index in [-0.39, 0.29) is 6.71 Å². The minimum Gasteiger partial charge on any atom is -0.311 e. The van der Waals surface area contributed by atoms with E-state index < -0.39 is 0 Å². The Morgan fingerprint density at radius 1 is 0.215 bits per heavy atom. The number of hydrogen-bond acceptors (Lipinski definition) is 2. The van der Waals surface area contributed by atoms with E-state index in [2.05, 4.69) is 336 Å². The Kier molecular flexibility index (Phi) is 18.1. The monoisotopic (exact) mass is 1220 g/mol. The summed E-state index contributed by atoms with van der Waals surface area (Å²) in [4.78, 5) is 5.34. The van der Waals surface area contributed by atoms with Crippen molar-refractivity contribution in [2.45, 2.75) is 198 Å². The van der Waals surface area contributed by atoms with Crippen LogP contribution in [0.4, 0.5) is 34.1 Å². The molecule has 2 aliphatic heterocycles. The Labute approximate surface area is 560 Å². The fourth-order valence-electron chi connectivity index (χ4n) is 16.0. The van der Waals surface area contributed by atoms with Crippen molar-refractivity contribution in [2.24, 2.45) is 0 Å². The second-order valence-electron chi connectivity index (χ2n) is 30.3. The summed E-state index contributed by atoms with van der Waals surface area (Å²) in [6, 6.07) is 74.9. The second-order valence-corrected chi connectivity index (χ2v) is 30.3. The summed E-state index contributed by atoms with van der Waals surface area (Å²) in [6.07, 6.45) is 0. The van der Waals surface area contributed by atoms with Crippen LogP contribution in [-0.4, -0.2) is 6.71 Å². The first-order chi connectivity index (χ1) is 44.5. The molecule has 10 aromatic rings. The van der Waals surface area contributed by atoms with Crippen LogP contribution in [0, 0.1) is 0 Å². The minimum absolute atomic E-state index is 0.134. The van der Waals surface area contributed by atoms with Crippen LogP contribution in [0.5, 0.6) is 0 Å². The largest absolute Gasteiger partial charge is 0.311 e. The molecular weight excluding hydrogens is 1120 g/mol. The Morgan fingerprint density at radius 3 is 0.667 bits per heavy atom. The third kappa shape index (κ3) is 11.6. The van der Waals surface area contributed by atoms with E-state index >= 15 is 0 Å². The zero-order chi connectivity index (χ0) is 66.2. The van der Waals surface area contributed by atoms with Crippen LogP contribution in [0.3, 0.4) is 0 Å². The first kappa shape index (κ1) is 64.9. The maximum absolute atomic E-state index is 2.67. The molecule has 0 saturated carbocycles. The normalized spacial score (nSPS) is 13.0. The highest BCUT2D eigenvalue weighted by Crippen LogP contribution is 2.51. The highest BCUT2D eigenvalue weighted by Gasteiger charge is 2.45. The number of hydrogen-bond donors (Lipinski definition) is 0. The number of nitrogens with zero attached hydrogens (tertiary/aromatic N) is 2. The molecule has 10 aromatic carbocycles. The van der Waals surface area contributed by atoms with Gasteiger partial charge in [0.15, 0.2) is 0 Å². The van der Waals surface area contributed by atoms with Crippen LogP contribution >= 0.6 is 0 Å². The summed E-state index contributed by atoms with van der Waals surface area (Å²) < 4.78 is 0. The summed E-state index contributed by atoms with van der Waals surface area (Å²) in [5.41, 5.74) is 38.3. The number of fused-ring (bicyclic) bond motifs is 4. The van der Waals surface area contributed by atoms with E-state index in [9.17, 15) is 0 Å². The lowest BCUT2D eigenvalue weighted by atomic mass is 9.33. The maximum Gasteiger partial charge on any atom is 0.252 e. The molecule has 0 amide bonds. The smallest absolute Gasteiger partial charge is 0.252 e. The van der Waals surface area contributed by atoms with Crippen LogP contribution < -0.4 is 26.2 Å². The lowest BCUT2D eigenvalue weighted by Crippen LogP contribution is -2.61. The summed E-state index contributed by atoms with van der Waals surface area (Å²) in [5.74, 6) is 3.44. The van der Waals surface area contributed by atoms with Gasteiger partial charge in [-0.3, -0.25) is 0 Å². The average molecular weight is 1220 g/mol. The van der Waals surface area contributed by atoms with Gasteiger partial charge in [0.2, 0.25) is 0 Å². The Balaban J connectivity index is 1.24. The summed E-state index contributed by atoms with van der Waals surface area (Å²) in [7, 11) is 0. The van der Waals surface area contributed by atoms with Crippen molar-refractivity contribution in [3.63, 3.8) is 0 Å². The predicted octanol–water partition coefficient (Wildman–Crippen LogP) is 25.3. The maximum atomic E-state index is 2.67. The van der Waals surface area contributed by atoms with Crippen molar-refractivity contribution in [1.29, 1.82) is 0 Å². The van der Waals surface area contributed by atoms with Gasteiger partial charge in [-0.25, -0.2) is 0 Å². The van der Waals surface area contributed by atoms with E-state index in [0.29, 0.717) is 59.2 Å². The van der Waals surface area contributed by atoms with Crippen LogP contribution in [0.2, 0.25) is 0 Å². The van der Waals surface area contributed by atoms with Crippen molar-refractivity contribution in [3.8, 4) is 55.6 Å². The molecule has 474 valence electrons.